The van der Waals surface area contributed by atoms with E-state index in [2.05, 4.69) is 61.1 Å². The highest BCUT2D eigenvalue weighted by Crippen LogP contribution is 2.44. The van der Waals surface area contributed by atoms with Crippen LogP contribution in [0.15, 0.2) is 89.6 Å². The lowest BCUT2D eigenvalue weighted by molar-refractivity contribution is -0.384. The van der Waals surface area contributed by atoms with Crippen molar-refractivity contribution < 1.29 is 27.6 Å². The average molecular weight is 895 g/mol. The summed E-state index contributed by atoms with van der Waals surface area (Å²) in [5.74, 6) is -0.233. The number of nitro benzene ring substituents is 1. The molecule has 15 nitrogen and oxygen atoms in total. The van der Waals surface area contributed by atoms with Gasteiger partial charge in [0.05, 0.1) is 27.6 Å². The molecule has 1 atom stereocenters. The summed E-state index contributed by atoms with van der Waals surface area (Å²) in [6, 6.07) is 18.9. The van der Waals surface area contributed by atoms with Gasteiger partial charge in [-0.1, -0.05) is 43.2 Å². The number of carbonyl (C=O) groups excluding carboxylic acids is 1. The van der Waals surface area contributed by atoms with Crippen molar-refractivity contribution in [3.8, 4) is 17.2 Å². The Morgan fingerprint density at radius 3 is 2.59 bits per heavy atom. The van der Waals surface area contributed by atoms with Gasteiger partial charge in [0, 0.05) is 73.2 Å². The van der Waals surface area contributed by atoms with E-state index in [0.29, 0.717) is 11.4 Å². The predicted molar refractivity (Wildman–Crippen MR) is 244 cm³/mol. The minimum atomic E-state index is -4.64. The number of pyridine rings is 1. The third kappa shape index (κ3) is 9.35. The molecule has 5 aromatic rings. The molecule has 0 radical (unpaired) electrons. The van der Waals surface area contributed by atoms with Crippen LogP contribution >= 0.6 is 11.6 Å². The summed E-state index contributed by atoms with van der Waals surface area (Å²) in [7, 11) is -4.64. The Balaban J connectivity index is 0.947. The molecule has 9 rings (SSSR count). The van der Waals surface area contributed by atoms with Gasteiger partial charge in [-0.3, -0.25) is 19.8 Å². The minimum absolute atomic E-state index is 0.0322. The van der Waals surface area contributed by atoms with Crippen LogP contribution in [-0.4, -0.2) is 92.6 Å². The number of benzene rings is 3. The van der Waals surface area contributed by atoms with Gasteiger partial charge in [-0.05, 0) is 104 Å². The van der Waals surface area contributed by atoms with Crippen molar-refractivity contribution in [3.05, 3.63) is 111 Å². The van der Waals surface area contributed by atoms with Gasteiger partial charge < -0.3 is 30.0 Å². The van der Waals surface area contributed by atoms with Crippen LogP contribution in [0.1, 0.15) is 61.9 Å². The van der Waals surface area contributed by atoms with Crippen molar-refractivity contribution >= 4 is 61.2 Å². The van der Waals surface area contributed by atoms with E-state index in [-0.39, 0.29) is 46.7 Å². The predicted octanol–water partition coefficient (Wildman–Crippen LogP) is 7.99. The van der Waals surface area contributed by atoms with Crippen molar-refractivity contribution in [1.29, 1.82) is 0 Å². The Morgan fingerprint density at radius 1 is 1.05 bits per heavy atom. The Kier molecular flexibility index (Phi) is 11.8. The summed E-state index contributed by atoms with van der Waals surface area (Å²) in [5, 5.41) is 20.4. The van der Waals surface area contributed by atoms with Crippen molar-refractivity contribution in [1.82, 2.24) is 24.9 Å². The van der Waals surface area contributed by atoms with Crippen LogP contribution in [-0.2, 0) is 10.0 Å². The summed E-state index contributed by atoms with van der Waals surface area (Å²) in [5.41, 5.74) is 5.41. The molecule has 3 aliphatic heterocycles. The topological polar surface area (TPSA) is 184 Å². The lowest BCUT2D eigenvalue weighted by Crippen LogP contribution is -2.47. The number of hydrogen-bond donors (Lipinski definition) is 4. The van der Waals surface area contributed by atoms with Gasteiger partial charge >= 0.3 is 0 Å². The van der Waals surface area contributed by atoms with Crippen molar-refractivity contribution in [3.63, 3.8) is 0 Å². The number of allylic oxidation sites excluding steroid dienone is 1. The van der Waals surface area contributed by atoms with E-state index < -0.39 is 31.4 Å². The van der Waals surface area contributed by atoms with Gasteiger partial charge in [-0.15, -0.1) is 0 Å². The molecular weight excluding hydrogens is 844 g/mol. The number of anilines is 2. The average Bonchev–Trinajstić information content (AvgIpc) is 3.75. The van der Waals surface area contributed by atoms with Crippen molar-refractivity contribution in [2.24, 2.45) is 11.3 Å². The first-order valence-electron chi connectivity index (χ1n) is 21.5. The van der Waals surface area contributed by atoms with Crippen LogP contribution < -0.4 is 29.7 Å². The number of amides is 1. The van der Waals surface area contributed by atoms with E-state index in [1.165, 1.54) is 29.0 Å². The first-order chi connectivity index (χ1) is 30.3. The molecule has 0 spiro atoms. The Labute approximate surface area is 371 Å². The van der Waals surface area contributed by atoms with Crippen molar-refractivity contribution in [2.45, 2.75) is 56.9 Å². The normalized spacial score (nSPS) is 19.5. The van der Waals surface area contributed by atoms with Gasteiger partial charge in [0.1, 0.15) is 23.8 Å². The number of nitro groups is 1. The van der Waals surface area contributed by atoms with Crippen LogP contribution in [0.5, 0.6) is 17.2 Å². The number of aromatic nitrogens is 2. The van der Waals surface area contributed by atoms with Crippen LogP contribution in [0.25, 0.3) is 16.6 Å². The highest BCUT2D eigenvalue weighted by atomic mass is 35.5. The van der Waals surface area contributed by atoms with E-state index in [9.17, 15) is 23.3 Å². The highest BCUT2D eigenvalue weighted by molar-refractivity contribution is 7.90. The van der Waals surface area contributed by atoms with E-state index in [0.717, 1.165) is 100 Å². The molecule has 2 aromatic heterocycles. The first kappa shape index (κ1) is 42.6. The van der Waals surface area contributed by atoms with Crippen LogP contribution in [0.4, 0.5) is 17.1 Å². The third-order valence-electron chi connectivity index (χ3n) is 12.8. The number of carbonyl (C=O) groups is 1. The number of nitrogens with zero attached hydrogens (tertiary/aromatic N) is 4. The molecule has 5 heterocycles. The quantitative estimate of drug-likeness (QED) is 0.0742. The second-order valence-corrected chi connectivity index (χ2v) is 19.8. The van der Waals surface area contributed by atoms with Gasteiger partial charge in [-0.25, -0.2) is 18.1 Å². The lowest BCUT2D eigenvalue weighted by Gasteiger charge is -2.39. The zero-order valence-electron chi connectivity index (χ0n) is 35.3. The van der Waals surface area contributed by atoms with Gasteiger partial charge in [0.25, 0.3) is 21.6 Å². The molecule has 1 aliphatic carbocycles. The molecule has 4 N–H and O–H groups in total. The molecule has 1 unspecified atom stereocenters. The van der Waals surface area contributed by atoms with E-state index in [4.69, 9.17) is 21.1 Å². The summed E-state index contributed by atoms with van der Waals surface area (Å²) in [6.45, 7) is 10.5. The lowest BCUT2D eigenvalue weighted by atomic mass is 9.72. The second-order valence-electron chi connectivity index (χ2n) is 17.7. The number of nitrogens with one attached hydrogen (secondary N) is 4. The maximum atomic E-state index is 14.0. The fraction of sp³-hybridized carbons (Fsp3) is 0.391. The van der Waals surface area contributed by atoms with Gasteiger partial charge in [0.2, 0.25) is 0 Å². The maximum Gasteiger partial charge on any atom is 0.297 e. The van der Waals surface area contributed by atoms with Crippen LogP contribution in [0.2, 0.25) is 5.02 Å². The van der Waals surface area contributed by atoms with Gasteiger partial charge in [-0.2, -0.15) is 0 Å². The summed E-state index contributed by atoms with van der Waals surface area (Å²) in [4.78, 5) is 37.4. The molecular formula is C46H51ClN8O7S. The number of H-pyrrole nitrogens is 1. The standard InChI is InChI=1S/C46H51ClN8O7S/c1-46(2)13-9-32(38(25-46)29-3-5-33(47)6-4-29)27-53-17-19-54(20-18-53)34-7-8-37(41(22-34)62-35-21-31-12-16-49-44(31)50-26-35)45(56)52-63(59,60)36-23-40(55(57)58)43-42(24-36)61-28-39(51-43)30-10-14-48-15-11-30/h3-8,12,16,21-24,26,30,39,48,51H,9-11,13-15,17-20,25,27-28H2,1-2H3,(H,49,50)(H,52,56). The number of sulfonamides is 1. The molecule has 330 valence electrons. The SMILES string of the molecule is CC1(C)CCC(CN2CCN(c3ccc(C(=O)NS(=O)(=O)c4cc5c(c([N+](=O)[O-])c4)NC(C4CCNCC4)CO5)c(Oc4cnc5[nH]ccc5c4)c3)CC2)=C(c2ccc(Cl)cc2)C1. The first-order valence-corrected chi connectivity index (χ1v) is 23.3. The Hall–Kier alpha value is -5.68. The molecule has 0 bridgehead atoms. The van der Waals surface area contributed by atoms with E-state index in [1.54, 1.807) is 30.5 Å². The molecule has 2 saturated heterocycles. The molecule has 17 heteroatoms. The Morgan fingerprint density at radius 2 is 1.83 bits per heavy atom. The fourth-order valence-corrected chi connectivity index (χ4v) is 10.4. The molecule has 1 amide bonds. The molecule has 3 aromatic carbocycles. The number of ether oxygens (including phenoxy) is 2. The number of halogens is 1. The number of hydrogen-bond acceptors (Lipinski definition) is 12. The number of piperidine rings is 1. The van der Waals surface area contributed by atoms with E-state index in [1.807, 2.05) is 18.2 Å². The van der Waals surface area contributed by atoms with Crippen molar-refractivity contribution in [2.75, 3.05) is 62.6 Å². The minimum Gasteiger partial charge on any atom is -0.489 e. The number of fused-ring (bicyclic) bond motifs is 2. The number of rotatable bonds is 11. The monoisotopic (exact) mass is 894 g/mol. The van der Waals surface area contributed by atoms with Gasteiger partial charge in [0.15, 0.2) is 11.4 Å². The maximum absolute atomic E-state index is 14.0. The fourth-order valence-electron chi connectivity index (χ4n) is 9.26. The summed E-state index contributed by atoms with van der Waals surface area (Å²) < 4.78 is 42.2. The number of piperazine rings is 1. The molecule has 2 fully saturated rings. The zero-order chi connectivity index (χ0) is 43.9. The number of aromatic amines is 1. The molecule has 0 saturated carbocycles. The molecule has 4 aliphatic rings. The van der Waals surface area contributed by atoms with E-state index >= 15 is 0 Å². The summed E-state index contributed by atoms with van der Waals surface area (Å²) >= 11 is 6.25. The Bertz CT molecular complexity index is 2690. The summed E-state index contributed by atoms with van der Waals surface area (Å²) in [6.07, 6.45) is 8.24. The smallest absolute Gasteiger partial charge is 0.297 e. The third-order valence-corrected chi connectivity index (χ3v) is 14.4. The van der Waals surface area contributed by atoms with Crippen LogP contribution in [0.3, 0.4) is 0 Å². The van der Waals surface area contributed by atoms with Crippen LogP contribution in [0, 0.1) is 21.4 Å². The molecule has 63 heavy (non-hydrogen) atoms. The largest absolute Gasteiger partial charge is 0.489 e. The zero-order valence-corrected chi connectivity index (χ0v) is 36.9. The second kappa shape index (κ2) is 17.5. The highest BCUT2D eigenvalue weighted by Gasteiger charge is 2.35.